The molecule has 0 radical (unpaired) electrons. The number of hydrogen-bond donors (Lipinski definition) is 1. The fourth-order valence-electron chi connectivity index (χ4n) is 2.38. The molecular weight excluding hydrogens is 196 g/mol. The van der Waals surface area contributed by atoms with Crippen LogP contribution in [-0.4, -0.2) is 5.54 Å². The Morgan fingerprint density at radius 3 is 2.67 bits per heavy atom. The molecule has 0 aliphatic carbocycles. The maximum Gasteiger partial charge on any atom is 0.149 e. The van der Waals surface area contributed by atoms with E-state index in [9.17, 15) is 8.78 Å². The van der Waals surface area contributed by atoms with Gasteiger partial charge >= 0.3 is 0 Å². The van der Waals surface area contributed by atoms with Crippen molar-refractivity contribution >= 4 is 5.69 Å². The van der Waals surface area contributed by atoms with Crippen LogP contribution in [-0.2, 0) is 0 Å². The maximum atomic E-state index is 13.5. The first-order chi connectivity index (χ1) is 6.89. The molecule has 3 heteroatoms. The van der Waals surface area contributed by atoms with Crippen molar-refractivity contribution in [2.45, 2.75) is 38.6 Å². The maximum absolute atomic E-state index is 13.5. The van der Waals surface area contributed by atoms with Crippen LogP contribution in [0.4, 0.5) is 14.5 Å². The van der Waals surface area contributed by atoms with Crippen molar-refractivity contribution < 1.29 is 8.78 Å². The van der Waals surface area contributed by atoms with E-state index < -0.39 is 11.6 Å². The zero-order valence-electron chi connectivity index (χ0n) is 9.20. The van der Waals surface area contributed by atoms with E-state index in [0.717, 1.165) is 18.1 Å². The summed E-state index contributed by atoms with van der Waals surface area (Å²) in [6.45, 7) is 6.05. The van der Waals surface area contributed by atoms with Crippen LogP contribution in [0.2, 0.25) is 0 Å². The number of benzene rings is 1. The lowest BCUT2D eigenvalue weighted by Gasteiger charge is -2.37. The van der Waals surface area contributed by atoms with E-state index in [-0.39, 0.29) is 11.5 Å². The van der Waals surface area contributed by atoms with Crippen LogP contribution in [0.1, 0.15) is 38.7 Å². The van der Waals surface area contributed by atoms with E-state index in [1.165, 1.54) is 6.07 Å². The summed E-state index contributed by atoms with van der Waals surface area (Å²) in [7, 11) is 0. The first-order valence-corrected chi connectivity index (χ1v) is 5.16. The van der Waals surface area contributed by atoms with E-state index in [0.29, 0.717) is 5.69 Å². The second kappa shape index (κ2) is 3.19. The minimum Gasteiger partial charge on any atom is -0.378 e. The van der Waals surface area contributed by atoms with Crippen molar-refractivity contribution in [3.05, 3.63) is 29.3 Å². The van der Waals surface area contributed by atoms with Gasteiger partial charge in [-0.3, -0.25) is 0 Å². The third kappa shape index (κ3) is 1.83. The highest BCUT2D eigenvalue weighted by molar-refractivity contribution is 5.58. The van der Waals surface area contributed by atoms with Crippen LogP contribution in [0.25, 0.3) is 0 Å². The molecule has 1 atom stereocenters. The van der Waals surface area contributed by atoms with Crippen LogP contribution >= 0.6 is 0 Å². The van der Waals surface area contributed by atoms with Gasteiger partial charge in [-0.2, -0.15) is 0 Å². The van der Waals surface area contributed by atoms with E-state index in [2.05, 4.69) is 5.32 Å². The lowest BCUT2D eigenvalue weighted by molar-refractivity contribution is 0.443. The Kier molecular flexibility index (Phi) is 2.21. The molecule has 0 amide bonds. The quantitative estimate of drug-likeness (QED) is 0.690. The number of nitrogens with one attached hydrogen (secondary N) is 1. The topological polar surface area (TPSA) is 12.0 Å². The average molecular weight is 211 g/mol. The smallest absolute Gasteiger partial charge is 0.149 e. The monoisotopic (exact) mass is 211 g/mol. The summed E-state index contributed by atoms with van der Waals surface area (Å²) >= 11 is 0. The normalized spacial score (nSPS) is 23.1. The summed E-state index contributed by atoms with van der Waals surface area (Å²) < 4.78 is 26.6. The van der Waals surface area contributed by atoms with Crippen LogP contribution in [0, 0.1) is 11.6 Å². The number of halogens is 2. The summed E-state index contributed by atoms with van der Waals surface area (Å²) in [6.07, 6.45) is 0.878. The number of hydrogen-bond acceptors (Lipinski definition) is 1. The van der Waals surface area contributed by atoms with Gasteiger partial charge in [0.25, 0.3) is 0 Å². The van der Waals surface area contributed by atoms with Crippen molar-refractivity contribution in [2.24, 2.45) is 0 Å². The Bertz CT molecular complexity index is 399. The first-order valence-electron chi connectivity index (χ1n) is 5.16. The minimum absolute atomic E-state index is 0.134. The highest BCUT2D eigenvalue weighted by Crippen LogP contribution is 2.40. The van der Waals surface area contributed by atoms with E-state index in [1.54, 1.807) is 0 Å². The van der Waals surface area contributed by atoms with Crippen LogP contribution in [0.15, 0.2) is 12.1 Å². The van der Waals surface area contributed by atoms with Crippen molar-refractivity contribution in [3.63, 3.8) is 0 Å². The second-order valence-electron chi connectivity index (χ2n) is 4.97. The van der Waals surface area contributed by atoms with Gasteiger partial charge in [-0.25, -0.2) is 8.78 Å². The van der Waals surface area contributed by atoms with Gasteiger partial charge in [0.1, 0.15) is 11.6 Å². The molecule has 1 nitrogen and oxygen atoms in total. The largest absolute Gasteiger partial charge is 0.378 e. The molecule has 0 aromatic heterocycles. The third-order valence-corrected chi connectivity index (χ3v) is 2.90. The molecule has 1 N–H and O–H groups in total. The van der Waals surface area contributed by atoms with Crippen LogP contribution in [0.3, 0.4) is 0 Å². The van der Waals surface area contributed by atoms with Gasteiger partial charge in [-0.1, -0.05) is 6.92 Å². The van der Waals surface area contributed by atoms with Crippen LogP contribution < -0.4 is 5.32 Å². The van der Waals surface area contributed by atoms with Crippen molar-refractivity contribution in [3.8, 4) is 0 Å². The summed E-state index contributed by atoms with van der Waals surface area (Å²) in [6, 6.07) is 2.35. The molecular formula is C12H15F2N. The molecule has 0 fully saturated rings. The van der Waals surface area contributed by atoms with Gasteiger partial charge in [0, 0.05) is 11.6 Å². The van der Waals surface area contributed by atoms with Gasteiger partial charge in [0.05, 0.1) is 5.69 Å². The SMILES string of the molecule is CC1CC(C)(C)Nc2c(F)cc(F)cc21. The molecule has 1 heterocycles. The molecule has 1 aliphatic heterocycles. The summed E-state index contributed by atoms with van der Waals surface area (Å²) in [4.78, 5) is 0. The second-order valence-corrected chi connectivity index (χ2v) is 4.97. The molecule has 0 spiro atoms. The van der Waals surface area contributed by atoms with Crippen molar-refractivity contribution in [1.29, 1.82) is 0 Å². The molecule has 2 rings (SSSR count). The zero-order chi connectivity index (χ0) is 11.2. The molecule has 0 bridgehead atoms. The molecule has 1 aromatic rings. The molecule has 1 aromatic carbocycles. The Balaban J connectivity index is 2.55. The predicted octanol–water partition coefficient (Wildman–Crippen LogP) is 3.66. The fourth-order valence-corrected chi connectivity index (χ4v) is 2.38. The standard InChI is InChI=1S/C12H15F2N/c1-7-6-12(2,3)15-11-9(7)4-8(13)5-10(11)14/h4-5,7,15H,6H2,1-3H3. The average Bonchev–Trinajstić information content (AvgIpc) is 2.06. The van der Waals surface area contributed by atoms with Crippen molar-refractivity contribution in [2.75, 3.05) is 5.32 Å². The third-order valence-electron chi connectivity index (χ3n) is 2.90. The molecule has 1 unspecified atom stereocenters. The fraction of sp³-hybridized carbons (Fsp3) is 0.500. The van der Waals surface area contributed by atoms with Crippen LogP contribution in [0.5, 0.6) is 0 Å². The first kappa shape index (κ1) is 10.4. The van der Waals surface area contributed by atoms with Gasteiger partial charge in [-0.15, -0.1) is 0 Å². The minimum atomic E-state index is -0.500. The van der Waals surface area contributed by atoms with E-state index in [1.807, 2.05) is 20.8 Å². The number of anilines is 1. The van der Waals surface area contributed by atoms with Gasteiger partial charge in [0.2, 0.25) is 0 Å². The Morgan fingerprint density at radius 2 is 2.00 bits per heavy atom. The Labute approximate surface area is 88.5 Å². The molecule has 1 aliphatic rings. The summed E-state index contributed by atoms with van der Waals surface area (Å²) in [5, 5.41) is 3.12. The lowest BCUT2D eigenvalue weighted by atomic mass is 9.82. The zero-order valence-corrected chi connectivity index (χ0v) is 9.20. The van der Waals surface area contributed by atoms with E-state index in [4.69, 9.17) is 0 Å². The highest BCUT2D eigenvalue weighted by atomic mass is 19.1. The predicted molar refractivity (Wildman–Crippen MR) is 57.1 cm³/mol. The Hall–Kier alpha value is -1.12. The molecule has 82 valence electrons. The number of fused-ring (bicyclic) bond motifs is 1. The van der Waals surface area contributed by atoms with Crippen molar-refractivity contribution in [1.82, 2.24) is 0 Å². The molecule has 0 saturated heterocycles. The Morgan fingerprint density at radius 1 is 1.33 bits per heavy atom. The van der Waals surface area contributed by atoms with Gasteiger partial charge in [0.15, 0.2) is 0 Å². The van der Waals surface area contributed by atoms with E-state index >= 15 is 0 Å². The molecule has 0 saturated carbocycles. The molecule has 15 heavy (non-hydrogen) atoms. The van der Waals surface area contributed by atoms with Gasteiger partial charge < -0.3 is 5.32 Å². The lowest BCUT2D eigenvalue weighted by Crippen LogP contribution is -2.37. The number of rotatable bonds is 0. The van der Waals surface area contributed by atoms with Gasteiger partial charge in [-0.05, 0) is 37.8 Å². The summed E-state index contributed by atoms with van der Waals surface area (Å²) in [5.74, 6) is -0.814. The highest BCUT2D eigenvalue weighted by Gasteiger charge is 2.31. The summed E-state index contributed by atoms with van der Waals surface area (Å²) in [5.41, 5.74) is 1.07.